The van der Waals surface area contributed by atoms with Gasteiger partial charge in [-0.15, -0.1) is 0 Å². The molecule has 1 saturated carbocycles. The second-order valence-electron chi connectivity index (χ2n) is 9.01. The van der Waals surface area contributed by atoms with Crippen molar-refractivity contribution in [3.8, 4) is 0 Å². The molecule has 29 heavy (non-hydrogen) atoms. The summed E-state index contributed by atoms with van der Waals surface area (Å²) in [5.41, 5.74) is 7.12. The van der Waals surface area contributed by atoms with Gasteiger partial charge in [0.1, 0.15) is 24.1 Å². The molecule has 4 heterocycles. The van der Waals surface area contributed by atoms with E-state index in [0.717, 1.165) is 18.9 Å². The molecule has 0 atom stereocenters. The molecule has 8 heteroatoms. The number of amides is 1. The smallest absolute Gasteiger partial charge is 0.243 e. The van der Waals surface area contributed by atoms with E-state index in [4.69, 9.17) is 5.73 Å². The normalized spacial score (nSPS) is 21.6. The molecule has 2 fully saturated rings. The predicted octanol–water partition coefficient (Wildman–Crippen LogP) is 2.28. The van der Waals surface area contributed by atoms with Crippen LogP contribution in [0.5, 0.6) is 0 Å². The molecule has 3 N–H and O–H groups in total. The fourth-order valence-electron chi connectivity index (χ4n) is 4.65. The van der Waals surface area contributed by atoms with E-state index in [1.165, 1.54) is 25.7 Å². The van der Waals surface area contributed by atoms with Crippen molar-refractivity contribution in [2.45, 2.75) is 51.6 Å². The highest BCUT2D eigenvalue weighted by molar-refractivity contribution is 6.12. The van der Waals surface area contributed by atoms with Gasteiger partial charge in [-0.1, -0.05) is 0 Å². The van der Waals surface area contributed by atoms with Crippen LogP contribution >= 0.6 is 0 Å². The van der Waals surface area contributed by atoms with E-state index in [2.05, 4.69) is 19.9 Å². The monoisotopic (exact) mass is 394 g/mol. The summed E-state index contributed by atoms with van der Waals surface area (Å²) in [7, 11) is 0. The third-order valence-electron chi connectivity index (χ3n) is 6.78. The van der Waals surface area contributed by atoms with Gasteiger partial charge in [-0.05, 0) is 57.1 Å². The van der Waals surface area contributed by atoms with E-state index in [1.54, 1.807) is 11.1 Å². The fraction of sp³-hybridized carbons (Fsp3) is 0.524. The Kier molecular flexibility index (Phi) is 3.87. The van der Waals surface area contributed by atoms with Crippen molar-refractivity contribution in [3.63, 3.8) is 0 Å². The minimum absolute atomic E-state index is 0.133. The zero-order valence-electron chi connectivity index (χ0n) is 16.9. The molecule has 0 bridgehead atoms. The highest BCUT2D eigenvalue weighted by atomic mass is 16.3. The summed E-state index contributed by atoms with van der Waals surface area (Å²) in [4.78, 5) is 30.2. The lowest BCUT2D eigenvalue weighted by Gasteiger charge is -2.33. The van der Waals surface area contributed by atoms with E-state index < -0.39 is 5.41 Å². The third-order valence-corrected chi connectivity index (χ3v) is 6.78. The van der Waals surface area contributed by atoms with Crippen LogP contribution in [0.3, 0.4) is 0 Å². The molecule has 0 radical (unpaired) electrons. The summed E-state index contributed by atoms with van der Waals surface area (Å²) in [6.07, 6.45) is 6.95. The van der Waals surface area contributed by atoms with Crippen LogP contribution in [0.2, 0.25) is 0 Å². The number of aliphatic hydroxyl groups excluding tert-OH is 1. The van der Waals surface area contributed by atoms with Crippen molar-refractivity contribution >= 4 is 29.0 Å². The summed E-state index contributed by atoms with van der Waals surface area (Å²) in [5, 5.41) is 9.47. The number of piperidine rings is 1. The first-order valence-corrected chi connectivity index (χ1v) is 10.2. The Bertz CT molecular complexity index is 973. The van der Waals surface area contributed by atoms with Gasteiger partial charge in [-0.25, -0.2) is 15.0 Å². The van der Waals surface area contributed by atoms with Gasteiger partial charge < -0.3 is 15.7 Å². The van der Waals surface area contributed by atoms with Gasteiger partial charge in [-0.2, -0.15) is 0 Å². The Hall–Kier alpha value is -2.74. The number of fused-ring (bicyclic) bond motifs is 1. The SMILES string of the molecule is CC1(C)C(=O)N(c2ccc(N3CCC4(CC3)CC4)nc2)c2nc(CO)nc(N)c21. The molecular weight excluding hydrogens is 368 g/mol. The van der Waals surface area contributed by atoms with Crippen molar-refractivity contribution < 1.29 is 9.90 Å². The Labute approximate surface area is 169 Å². The van der Waals surface area contributed by atoms with Crippen LogP contribution in [0.4, 0.5) is 23.1 Å². The van der Waals surface area contributed by atoms with Crippen LogP contribution in [0.1, 0.15) is 50.9 Å². The Morgan fingerprint density at radius 3 is 2.45 bits per heavy atom. The number of rotatable bonds is 3. The van der Waals surface area contributed by atoms with Crippen molar-refractivity contribution in [2.24, 2.45) is 5.41 Å². The van der Waals surface area contributed by atoms with Gasteiger partial charge in [0.05, 0.1) is 22.9 Å². The van der Waals surface area contributed by atoms with Crippen LogP contribution in [0.15, 0.2) is 18.3 Å². The standard InChI is InChI=1S/C21H26N6O2/c1-20(2)16-17(22)24-14(12-28)25-18(16)27(19(20)29)13-3-4-15(23-11-13)26-9-7-21(5-6-21)8-10-26/h3-4,11,28H,5-10,12H2,1-2H3,(H2,22,24,25). The van der Waals surface area contributed by atoms with Gasteiger partial charge in [0.25, 0.3) is 0 Å². The lowest BCUT2D eigenvalue weighted by Crippen LogP contribution is -2.35. The first-order valence-electron chi connectivity index (χ1n) is 10.2. The Balaban J connectivity index is 1.47. The molecule has 1 spiro atoms. The highest BCUT2D eigenvalue weighted by Crippen LogP contribution is 2.54. The number of aliphatic hydroxyl groups is 1. The first kappa shape index (κ1) is 18.3. The van der Waals surface area contributed by atoms with Crippen LogP contribution < -0.4 is 15.5 Å². The minimum Gasteiger partial charge on any atom is -0.388 e. The Morgan fingerprint density at radius 1 is 1.14 bits per heavy atom. The van der Waals surface area contributed by atoms with Crippen LogP contribution in [-0.4, -0.2) is 39.1 Å². The third kappa shape index (κ3) is 2.77. The Morgan fingerprint density at radius 2 is 1.86 bits per heavy atom. The molecule has 1 aliphatic carbocycles. The molecule has 3 aliphatic rings. The molecule has 8 nitrogen and oxygen atoms in total. The summed E-state index contributed by atoms with van der Waals surface area (Å²) in [6, 6.07) is 3.87. The van der Waals surface area contributed by atoms with Crippen molar-refractivity contribution in [1.29, 1.82) is 0 Å². The number of anilines is 4. The number of hydrogen-bond acceptors (Lipinski definition) is 7. The predicted molar refractivity (Wildman–Crippen MR) is 110 cm³/mol. The van der Waals surface area contributed by atoms with Crippen molar-refractivity contribution in [2.75, 3.05) is 28.6 Å². The van der Waals surface area contributed by atoms with Crippen LogP contribution in [0, 0.1) is 5.41 Å². The topological polar surface area (TPSA) is 108 Å². The maximum absolute atomic E-state index is 13.2. The van der Waals surface area contributed by atoms with Crippen molar-refractivity contribution in [1.82, 2.24) is 15.0 Å². The van der Waals surface area contributed by atoms with Crippen LogP contribution in [0.25, 0.3) is 0 Å². The fourth-order valence-corrected chi connectivity index (χ4v) is 4.65. The number of carbonyl (C=O) groups excluding carboxylic acids is 1. The molecule has 0 unspecified atom stereocenters. The molecule has 2 aliphatic heterocycles. The molecule has 1 amide bonds. The number of nitrogens with zero attached hydrogens (tertiary/aromatic N) is 5. The molecular formula is C21H26N6O2. The van der Waals surface area contributed by atoms with E-state index in [1.807, 2.05) is 26.0 Å². The van der Waals surface area contributed by atoms with Gasteiger partial charge in [0.2, 0.25) is 5.91 Å². The molecule has 0 aromatic carbocycles. The average molecular weight is 394 g/mol. The maximum atomic E-state index is 13.2. The van der Waals surface area contributed by atoms with Gasteiger partial charge in [0, 0.05) is 13.1 Å². The van der Waals surface area contributed by atoms with E-state index in [0.29, 0.717) is 22.5 Å². The number of hydrogen-bond donors (Lipinski definition) is 2. The second kappa shape index (κ2) is 6.13. The van der Waals surface area contributed by atoms with Crippen molar-refractivity contribution in [3.05, 3.63) is 29.7 Å². The second-order valence-corrected chi connectivity index (χ2v) is 9.01. The summed E-state index contributed by atoms with van der Waals surface area (Å²) in [6.45, 7) is 5.36. The zero-order chi connectivity index (χ0) is 20.4. The number of pyridine rings is 1. The summed E-state index contributed by atoms with van der Waals surface area (Å²) < 4.78 is 0. The lowest BCUT2D eigenvalue weighted by molar-refractivity contribution is -0.121. The summed E-state index contributed by atoms with van der Waals surface area (Å²) >= 11 is 0. The summed E-state index contributed by atoms with van der Waals surface area (Å²) in [5.74, 6) is 1.66. The lowest BCUT2D eigenvalue weighted by atomic mass is 9.87. The molecule has 2 aromatic rings. The highest BCUT2D eigenvalue weighted by Gasteiger charge is 2.48. The molecule has 2 aromatic heterocycles. The van der Waals surface area contributed by atoms with Gasteiger partial charge in [0.15, 0.2) is 5.82 Å². The van der Waals surface area contributed by atoms with E-state index in [9.17, 15) is 9.90 Å². The first-order chi connectivity index (χ1) is 13.8. The molecule has 1 saturated heterocycles. The number of nitrogens with two attached hydrogens (primary N) is 1. The molecule has 152 valence electrons. The van der Waals surface area contributed by atoms with E-state index in [-0.39, 0.29) is 24.2 Å². The number of carbonyl (C=O) groups is 1. The molecule has 5 rings (SSSR count). The zero-order valence-corrected chi connectivity index (χ0v) is 16.9. The maximum Gasteiger partial charge on any atom is 0.243 e. The minimum atomic E-state index is -0.850. The van der Waals surface area contributed by atoms with Crippen LogP contribution in [-0.2, 0) is 16.8 Å². The largest absolute Gasteiger partial charge is 0.388 e. The van der Waals surface area contributed by atoms with E-state index >= 15 is 0 Å². The van der Waals surface area contributed by atoms with Gasteiger partial charge >= 0.3 is 0 Å². The number of aromatic nitrogens is 3. The number of nitrogen functional groups attached to an aromatic ring is 1. The quantitative estimate of drug-likeness (QED) is 0.822. The van der Waals surface area contributed by atoms with Gasteiger partial charge in [-0.3, -0.25) is 9.69 Å². The average Bonchev–Trinajstić information content (AvgIpc) is 3.43.